The summed E-state index contributed by atoms with van der Waals surface area (Å²) >= 11 is 1.17. The van der Waals surface area contributed by atoms with Crippen LogP contribution in [0, 0.1) is 16.0 Å². The van der Waals surface area contributed by atoms with Gasteiger partial charge in [-0.15, -0.1) is 0 Å². The number of hydrogen-bond acceptors (Lipinski definition) is 4. The minimum Gasteiger partial charge on any atom is -0.311 e. The van der Waals surface area contributed by atoms with Crippen molar-refractivity contribution in [1.82, 2.24) is 5.32 Å². The van der Waals surface area contributed by atoms with Gasteiger partial charge < -0.3 is 5.32 Å². The van der Waals surface area contributed by atoms with E-state index in [1.54, 1.807) is 6.07 Å². The SMILES string of the molecule is CC(C)NCC(=Cc1csc([N+](=O)[O-])c1)C(C)C. The average molecular weight is 268 g/mol. The highest BCUT2D eigenvalue weighted by atomic mass is 32.1. The highest BCUT2D eigenvalue weighted by Gasteiger charge is 2.10. The van der Waals surface area contributed by atoms with Crippen LogP contribution < -0.4 is 5.32 Å². The molecule has 5 heteroatoms. The zero-order valence-electron chi connectivity index (χ0n) is 11.3. The van der Waals surface area contributed by atoms with E-state index >= 15 is 0 Å². The Morgan fingerprint density at radius 2 is 2.17 bits per heavy atom. The van der Waals surface area contributed by atoms with Crippen molar-refractivity contribution in [2.24, 2.45) is 5.92 Å². The van der Waals surface area contributed by atoms with Crippen LogP contribution in [0.1, 0.15) is 33.3 Å². The van der Waals surface area contributed by atoms with Crippen LogP contribution in [0.4, 0.5) is 5.00 Å². The highest BCUT2D eigenvalue weighted by molar-refractivity contribution is 7.13. The van der Waals surface area contributed by atoms with Crippen molar-refractivity contribution < 1.29 is 4.92 Å². The van der Waals surface area contributed by atoms with E-state index in [4.69, 9.17) is 0 Å². The Hall–Kier alpha value is -1.20. The predicted molar refractivity (Wildman–Crippen MR) is 76.9 cm³/mol. The minimum atomic E-state index is -0.344. The highest BCUT2D eigenvalue weighted by Crippen LogP contribution is 2.25. The van der Waals surface area contributed by atoms with E-state index in [2.05, 4.69) is 33.0 Å². The van der Waals surface area contributed by atoms with E-state index < -0.39 is 0 Å². The molecule has 0 unspecified atom stereocenters. The predicted octanol–water partition coefficient (Wildman–Crippen LogP) is 3.69. The van der Waals surface area contributed by atoms with Gasteiger partial charge in [0, 0.05) is 24.0 Å². The van der Waals surface area contributed by atoms with Gasteiger partial charge in [0.15, 0.2) is 0 Å². The summed E-state index contributed by atoms with van der Waals surface area (Å²) in [5, 5.41) is 16.0. The van der Waals surface area contributed by atoms with Crippen molar-refractivity contribution >= 4 is 22.4 Å². The molecule has 0 fully saturated rings. The molecule has 0 amide bonds. The minimum absolute atomic E-state index is 0.196. The lowest BCUT2D eigenvalue weighted by Gasteiger charge is -2.14. The summed E-state index contributed by atoms with van der Waals surface area (Å²) in [7, 11) is 0. The molecular weight excluding hydrogens is 248 g/mol. The fraction of sp³-hybridized carbons (Fsp3) is 0.538. The molecule has 0 bridgehead atoms. The molecule has 0 atom stereocenters. The van der Waals surface area contributed by atoms with Gasteiger partial charge in [-0.25, -0.2) is 0 Å². The molecule has 0 aromatic carbocycles. The van der Waals surface area contributed by atoms with Crippen LogP contribution in [0.15, 0.2) is 17.0 Å². The molecular formula is C13H20N2O2S. The molecule has 1 rings (SSSR count). The van der Waals surface area contributed by atoms with Crippen LogP contribution in [0.25, 0.3) is 6.08 Å². The quantitative estimate of drug-likeness (QED) is 0.632. The van der Waals surface area contributed by atoms with Gasteiger partial charge in [-0.1, -0.05) is 50.7 Å². The van der Waals surface area contributed by atoms with Gasteiger partial charge in [0.1, 0.15) is 0 Å². The van der Waals surface area contributed by atoms with Crippen molar-refractivity contribution in [2.45, 2.75) is 33.7 Å². The molecule has 1 aromatic heterocycles. The first-order valence-electron chi connectivity index (χ1n) is 6.07. The van der Waals surface area contributed by atoms with Gasteiger partial charge in [-0.05, 0) is 11.5 Å². The second kappa shape index (κ2) is 6.66. The Kier molecular flexibility index (Phi) is 5.50. The summed E-state index contributed by atoms with van der Waals surface area (Å²) in [6, 6.07) is 2.06. The summed E-state index contributed by atoms with van der Waals surface area (Å²) in [5.41, 5.74) is 2.18. The Morgan fingerprint density at radius 3 is 2.61 bits per heavy atom. The monoisotopic (exact) mass is 268 g/mol. The normalized spacial score (nSPS) is 12.4. The Balaban J connectivity index is 2.83. The molecule has 1 N–H and O–H groups in total. The molecule has 18 heavy (non-hydrogen) atoms. The smallest absolute Gasteiger partial charge is 0.311 e. The first-order chi connectivity index (χ1) is 8.40. The van der Waals surface area contributed by atoms with E-state index in [9.17, 15) is 10.1 Å². The van der Waals surface area contributed by atoms with E-state index in [0.29, 0.717) is 12.0 Å². The third-order valence-electron chi connectivity index (χ3n) is 2.59. The van der Waals surface area contributed by atoms with Gasteiger partial charge in [0.05, 0.1) is 4.92 Å². The summed E-state index contributed by atoms with van der Waals surface area (Å²) in [5.74, 6) is 0.426. The van der Waals surface area contributed by atoms with Gasteiger partial charge in [0.25, 0.3) is 0 Å². The number of nitrogens with one attached hydrogen (secondary N) is 1. The molecule has 0 saturated heterocycles. The van der Waals surface area contributed by atoms with E-state index in [1.807, 2.05) is 11.5 Å². The zero-order valence-corrected chi connectivity index (χ0v) is 12.1. The first kappa shape index (κ1) is 14.9. The van der Waals surface area contributed by atoms with E-state index in [0.717, 1.165) is 12.1 Å². The van der Waals surface area contributed by atoms with Crippen LogP contribution >= 0.6 is 11.3 Å². The van der Waals surface area contributed by atoms with Crippen LogP contribution in [0.2, 0.25) is 0 Å². The summed E-state index contributed by atoms with van der Waals surface area (Å²) in [6.45, 7) is 9.29. The first-order valence-corrected chi connectivity index (χ1v) is 6.95. The molecule has 0 saturated carbocycles. The summed E-state index contributed by atoms with van der Waals surface area (Å²) < 4.78 is 0. The number of hydrogen-bond donors (Lipinski definition) is 1. The third-order valence-corrected chi connectivity index (χ3v) is 3.49. The molecule has 0 spiro atoms. The van der Waals surface area contributed by atoms with Gasteiger partial charge in [-0.3, -0.25) is 10.1 Å². The largest absolute Gasteiger partial charge is 0.324 e. The molecule has 4 nitrogen and oxygen atoms in total. The Morgan fingerprint density at radius 1 is 1.50 bits per heavy atom. The number of nitro groups is 1. The van der Waals surface area contributed by atoms with Crippen LogP contribution in [0.3, 0.4) is 0 Å². The molecule has 0 radical (unpaired) electrons. The molecule has 0 aliphatic rings. The second-order valence-corrected chi connectivity index (χ2v) is 5.77. The van der Waals surface area contributed by atoms with Gasteiger partial charge in [0.2, 0.25) is 0 Å². The summed E-state index contributed by atoms with van der Waals surface area (Å²) in [6.07, 6.45) is 2.05. The van der Waals surface area contributed by atoms with Crippen molar-refractivity contribution in [1.29, 1.82) is 0 Å². The van der Waals surface area contributed by atoms with Crippen LogP contribution in [0.5, 0.6) is 0 Å². The van der Waals surface area contributed by atoms with Gasteiger partial charge in [-0.2, -0.15) is 0 Å². The Labute approximate surface area is 112 Å². The van der Waals surface area contributed by atoms with Gasteiger partial charge >= 0.3 is 5.00 Å². The summed E-state index contributed by atoms with van der Waals surface area (Å²) in [4.78, 5) is 10.3. The topological polar surface area (TPSA) is 55.2 Å². The standard InChI is InChI=1S/C13H20N2O2S/c1-9(2)12(7-14-10(3)4)5-11-6-13(15(16)17)18-8-11/h5-6,8-10,14H,7H2,1-4H3. The third kappa shape index (κ3) is 4.58. The molecule has 0 aliphatic heterocycles. The molecule has 1 aromatic rings. The number of rotatable bonds is 6. The van der Waals surface area contributed by atoms with Crippen LogP contribution in [-0.4, -0.2) is 17.5 Å². The maximum atomic E-state index is 10.6. The second-order valence-electron chi connectivity index (χ2n) is 4.88. The average Bonchev–Trinajstić information content (AvgIpc) is 2.71. The molecule has 1 heterocycles. The lowest BCUT2D eigenvalue weighted by atomic mass is 10.0. The maximum Gasteiger partial charge on any atom is 0.324 e. The molecule has 0 aliphatic carbocycles. The van der Waals surface area contributed by atoms with E-state index in [1.165, 1.54) is 16.9 Å². The fourth-order valence-corrected chi connectivity index (χ4v) is 2.15. The van der Waals surface area contributed by atoms with Crippen molar-refractivity contribution in [3.63, 3.8) is 0 Å². The lowest BCUT2D eigenvalue weighted by molar-refractivity contribution is -0.380. The zero-order chi connectivity index (χ0) is 13.7. The number of thiophene rings is 1. The number of nitrogens with zero attached hydrogens (tertiary/aromatic N) is 1. The van der Waals surface area contributed by atoms with E-state index in [-0.39, 0.29) is 9.92 Å². The fourth-order valence-electron chi connectivity index (χ4n) is 1.47. The van der Waals surface area contributed by atoms with Crippen LogP contribution in [-0.2, 0) is 0 Å². The van der Waals surface area contributed by atoms with Crippen molar-refractivity contribution in [3.05, 3.63) is 32.7 Å². The molecule has 100 valence electrons. The van der Waals surface area contributed by atoms with Crippen molar-refractivity contribution in [2.75, 3.05) is 6.54 Å². The van der Waals surface area contributed by atoms with Crippen molar-refractivity contribution in [3.8, 4) is 0 Å². The maximum absolute atomic E-state index is 10.6. The lowest BCUT2D eigenvalue weighted by Crippen LogP contribution is -2.26. The Bertz CT molecular complexity index is 436.